The molecule has 1 unspecified atom stereocenters. The van der Waals surface area contributed by atoms with Crippen LogP contribution in [-0.2, 0) is 35.2 Å². The average Bonchev–Trinajstić information content (AvgIpc) is 2.65. The third kappa shape index (κ3) is 4.24. The summed E-state index contributed by atoms with van der Waals surface area (Å²) in [6.07, 6.45) is 0. The maximum atomic E-state index is 12.9. The van der Waals surface area contributed by atoms with Crippen LogP contribution >= 0.6 is 0 Å². The van der Waals surface area contributed by atoms with Gasteiger partial charge in [-0.05, 0) is 31.9 Å². The van der Waals surface area contributed by atoms with Gasteiger partial charge in [-0.1, -0.05) is 24.3 Å². The van der Waals surface area contributed by atoms with Crippen LogP contribution in [0.1, 0.15) is 25.0 Å². The summed E-state index contributed by atoms with van der Waals surface area (Å²) in [5.74, 6) is -4.32. The van der Waals surface area contributed by atoms with E-state index in [2.05, 4.69) is 4.99 Å². The molecule has 0 amide bonds. The zero-order chi connectivity index (χ0) is 20.1. The molecule has 1 aromatic rings. The Morgan fingerprint density at radius 1 is 0.963 bits per heavy atom. The number of aryl methyl sites for hydroxylation is 1. The van der Waals surface area contributed by atoms with Crippen LogP contribution in [0.4, 0.5) is 0 Å². The molecule has 0 fully saturated rings. The first kappa shape index (κ1) is 20.4. The van der Waals surface area contributed by atoms with Crippen molar-refractivity contribution in [1.82, 2.24) is 0 Å². The van der Waals surface area contributed by atoms with Crippen molar-refractivity contribution < 1.29 is 28.6 Å². The van der Waals surface area contributed by atoms with Crippen LogP contribution in [0.15, 0.2) is 40.5 Å². The minimum Gasteiger partial charge on any atom is -0.468 e. The van der Waals surface area contributed by atoms with E-state index in [1.165, 1.54) is 14.2 Å². The largest absolute Gasteiger partial charge is 0.468 e. The van der Waals surface area contributed by atoms with Gasteiger partial charge in [0.2, 0.25) is 0 Å². The van der Waals surface area contributed by atoms with E-state index in [4.69, 9.17) is 14.2 Å². The van der Waals surface area contributed by atoms with Crippen LogP contribution < -0.4 is 0 Å². The lowest BCUT2D eigenvalue weighted by Crippen LogP contribution is -2.42. The van der Waals surface area contributed by atoms with Crippen molar-refractivity contribution in [1.29, 1.82) is 0 Å². The highest BCUT2D eigenvalue weighted by molar-refractivity contribution is 6.10. The van der Waals surface area contributed by atoms with Crippen molar-refractivity contribution >= 4 is 23.6 Å². The number of methoxy groups -OCH3 is 2. The van der Waals surface area contributed by atoms with Gasteiger partial charge in [0.1, 0.15) is 18.4 Å². The maximum Gasteiger partial charge on any atom is 0.336 e. The summed E-state index contributed by atoms with van der Waals surface area (Å²) < 4.78 is 15.1. The number of rotatable bonds is 5. The van der Waals surface area contributed by atoms with E-state index in [1.807, 2.05) is 31.2 Å². The van der Waals surface area contributed by atoms with Crippen LogP contribution in [0.5, 0.6) is 0 Å². The zero-order valence-corrected chi connectivity index (χ0v) is 16.1. The lowest BCUT2D eigenvalue weighted by molar-refractivity contribution is -0.157. The molecule has 0 bridgehead atoms. The molecule has 0 saturated heterocycles. The maximum absolute atomic E-state index is 12.9. The Hall–Kier alpha value is -2.96. The summed E-state index contributed by atoms with van der Waals surface area (Å²) in [5, 5.41) is 0. The standard InChI is InChI=1S/C20H23NO6/c1-11-8-6-7-9-14(11)10-27-20(24)17-15(18(22)25-4)12(2)21-13(3)16(17)19(23)26-5/h6-9,15,17H,10H2,1-5H3/t15?,17-/m1/s1. The van der Waals surface area contributed by atoms with Gasteiger partial charge >= 0.3 is 17.9 Å². The van der Waals surface area contributed by atoms with Gasteiger partial charge < -0.3 is 14.2 Å². The summed E-state index contributed by atoms with van der Waals surface area (Å²) in [7, 11) is 2.42. The number of hydrogen-bond acceptors (Lipinski definition) is 7. The van der Waals surface area contributed by atoms with Crippen LogP contribution in [0.3, 0.4) is 0 Å². The number of carbonyl (C=O) groups excluding carboxylic acids is 3. The van der Waals surface area contributed by atoms with E-state index in [0.29, 0.717) is 11.4 Å². The number of benzene rings is 1. The number of nitrogens with zero attached hydrogens (tertiary/aromatic N) is 1. The predicted octanol–water partition coefficient (Wildman–Crippen LogP) is 2.37. The second-order valence-corrected chi connectivity index (χ2v) is 6.26. The van der Waals surface area contributed by atoms with E-state index >= 15 is 0 Å². The fourth-order valence-electron chi connectivity index (χ4n) is 3.11. The SMILES string of the molecule is COC(=O)C1=C(C)N=C(C)C(C(=O)OC)[C@H]1C(=O)OCc1ccccc1C. The molecule has 1 aliphatic heterocycles. The summed E-state index contributed by atoms with van der Waals surface area (Å²) in [6, 6.07) is 7.48. The van der Waals surface area contributed by atoms with Gasteiger partial charge in [-0.15, -0.1) is 0 Å². The molecule has 144 valence electrons. The second-order valence-electron chi connectivity index (χ2n) is 6.26. The van der Waals surface area contributed by atoms with Gasteiger partial charge in [0.05, 0.1) is 19.8 Å². The van der Waals surface area contributed by atoms with E-state index in [0.717, 1.165) is 11.1 Å². The third-order valence-corrected chi connectivity index (χ3v) is 4.57. The minimum atomic E-state index is -1.17. The molecule has 0 aromatic heterocycles. The Labute approximate surface area is 158 Å². The van der Waals surface area contributed by atoms with E-state index < -0.39 is 29.7 Å². The Bertz CT molecular complexity index is 824. The van der Waals surface area contributed by atoms with E-state index in [-0.39, 0.29) is 12.2 Å². The molecule has 1 heterocycles. The van der Waals surface area contributed by atoms with Crippen molar-refractivity contribution in [2.24, 2.45) is 16.8 Å². The molecule has 7 nitrogen and oxygen atoms in total. The quantitative estimate of drug-likeness (QED) is 0.581. The van der Waals surface area contributed by atoms with Gasteiger partial charge in [-0.2, -0.15) is 0 Å². The molecule has 1 aromatic carbocycles. The predicted molar refractivity (Wildman–Crippen MR) is 97.8 cm³/mol. The normalized spacial score (nSPS) is 19.2. The van der Waals surface area contributed by atoms with Gasteiger partial charge in [0.15, 0.2) is 0 Å². The van der Waals surface area contributed by atoms with Gasteiger partial charge in [0, 0.05) is 11.4 Å². The summed E-state index contributed by atoms with van der Waals surface area (Å²) >= 11 is 0. The molecule has 1 aliphatic rings. The molecule has 27 heavy (non-hydrogen) atoms. The Balaban J connectivity index is 2.38. The van der Waals surface area contributed by atoms with Gasteiger partial charge in [-0.25, -0.2) is 4.79 Å². The summed E-state index contributed by atoms with van der Waals surface area (Å²) in [4.78, 5) is 41.7. The molecule has 0 spiro atoms. The number of aliphatic imine (C=N–C) groups is 1. The smallest absolute Gasteiger partial charge is 0.336 e. The third-order valence-electron chi connectivity index (χ3n) is 4.57. The molecule has 2 atom stereocenters. The highest BCUT2D eigenvalue weighted by atomic mass is 16.5. The topological polar surface area (TPSA) is 91.3 Å². The Morgan fingerprint density at radius 2 is 1.63 bits per heavy atom. The molecule has 0 N–H and O–H groups in total. The number of allylic oxidation sites excluding steroid dienone is 1. The first-order valence-electron chi connectivity index (χ1n) is 8.45. The monoisotopic (exact) mass is 373 g/mol. The van der Waals surface area contributed by atoms with Crippen LogP contribution in [0, 0.1) is 18.8 Å². The number of esters is 3. The molecule has 7 heteroatoms. The molecule has 2 rings (SSSR count). The van der Waals surface area contributed by atoms with Crippen molar-refractivity contribution in [3.8, 4) is 0 Å². The van der Waals surface area contributed by atoms with Gasteiger partial charge in [0.25, 0.3) is 0 Å². The van der Waals surface area contributed by atoms with Crippen molar-refractivity contribution in [3.05, 3.63) is 46.7 Å². The summed E-state index contributed by atoms with van der Waals surface area (Å²) in [5.41, 5.74) is 2.51. The minimum absolute atomic E-state index is 0.00767. The number of carbonyl (C=O) groups is 3. The second kappa shape index (κ2) is 8.62. The fraction of sp³-hybridized carbons (Fsp3) is 0.400. The zero-order valence-electron chi connectivity index (χ0n) is 16.1. The number of hydrogen-bond donors (Lipinski definition) is 0. The molecule has 0 aliphatic carbocycles. The number of ether oxygens (including phenoxy) is 3. The van der Waals surface area contributed by atoms with Crippen LogP contribution in [0.25, 0.3) is 0 Å². The molecule has 0 radical (unpaired) electrons. The van der Waals surface area contributed by atoms with Crippen LogP contribution in [0.2, 0.25) is 0 Å². The van der Waals surface area contributed by atoms with Crippen molar-refractivity contribution in [2.75, 3.05) is 14.2 Å². The van der Waals surface area contributed by atoms with E-state index in [1.54, 1.807) is 13.8 Å². The Kier molecular flexibility index (Phi) is 6.50. The highest BCUT2D eigenvalue weighted by Crippen LogP contribution is 2.33. The molecule has 0 saturated carbocycles. The molecular formula is C20H23NO6. The highest BCUT2D eigenvalue weighted by Gasteiger charge is 2.46. The van der Waals surface area contributed by atoms with Crippen molar-refractivity contribution in [2.45, 2.75) is 27.4 Å². The lowest BCUT2D eigenvalue weighted by atomic mass is 9.80. The van der Waals surface area contributed by atoms with E-state index in [9.17, 15) is 14.4 Å². The van der Waals surface area contributed by atoms with Gasteiger partial charge in [-0.3, -0.25) is 14.6 Å². The van der Waals surface area contributed by atoms with Crippen LogP contribution in [-0.4, -0.2) is 37.8 Å². The first-order chi connectivity index (χ1) is 12.8. The fourth-order valence-corrected chi connectivity index (χ4v) is 3.11. The van der Waals surface area contributed by atoms with Crippen molar-refractivity contribution in [3.63, 3.8) is 0 Å². The Morgan fingerprint density at radius 3 is 2.22 bits per heavy atom. The molecular weight excluding hydrogens is 350 g/mol. The first-order valence-corrected chi connectivity index (χ1v) is 8.45. The average molecular weight is 373 g/mol. The summed E-state index contributed by atoms with van der Waals surface area (Å²) in [6.45, 7) is 5.13. The lowest BCUT2D eigenvalue weighted by Gasteiger charge is -2.29.